The molecule has 0 amide bonds. The number of imidazole rings is 1. The molecule has 2 atom stereocenters. The Kier molecular flexibility index (Phi) is 9.21. The fraction of sp³-hybridized carbons (Fsp3) is 0.455. The number of aromatic nitrogens is 3. The molecule has 0 spiro atoms. The molecule has 2 unspecified atom stereocenters. The third kappa shape index (κ3) is 5.39. The van der Waals surface area contributed by atoms with Gasteiger partial charge in [0.15, 0.2) is 6.29 Å². The van der Waals surface area contributed by atoms with Crippen LogP contribution in [-0.4, -0.2) is 67.2 Å². The number of pyridine rings is 1. The number of ether oxygens (including phenoxy) is 2. The van der Waals surface area contributed by atoms with E-state index >= 15 is 0 Å². The van der Waals surface area contributed by atoms with Crippen molar-refractivity contribution in [3.8, 4) is 17.3 Å². The molecule has 0 saturated heterocycles. The molecule has 158 valence electrons. The van der Waals surface area contributed by atoms with Gasteiger partial charge in [0.2, 0.25) is 5.82 Å². The molecule has 30 heavy (non-hydrogen) atoms. The number of unbranched alkanes of at least 4 members (excludes halogenated alkanes) is 1. The molecule has 0 saturated carbocycles. The third-order valence-electron chi connectivity index (χ3n) is 5.00. The summed E-state index contributed by atoms with van der Waals surface area (Å²) in [6, 6.07) is 5.88. The minimum absolute atomic E-state index is 0. The second-order valence-corrected chi connectivity index (χ2v) is 8.48. The van der Waals surface area contributed by atoms with E-state index in [0.717, 1.165) is 40.6 Å². The van der Waals surface area contributed by atoms with Crippen molar-refractivity contribution in [3.63, 3.8) is 0 Å². The van der Waals surface area contributed by atoms with E-state index in [-0.39, 0.29) is 35.8 Å². The molecule has 0 aliphatic carbocycles. The molecule has 8 heteroatoms. The summed E-state index contributed by atoms with van der Waals surface area (Å²) in [5.41, 5.74) is 5.43. The Bertz CT molecular complexity index is 1010. The van der Waals surface area contributed by atoms with Gasteiger partial charge in [-0.1, -0.05) is 13.3 Å². The Morgan fingerprint density at radius 1 is 1.20 bits per heavy atom. The summed E-state index contributed by atoms with van der Waals surface area (Å²) in [6.07, 6.45) is 5.06. The van der Waals surface area contributed by atoms with Crippen LogP contribution in [-0.2, 0) is 16.1 Å². The summed E-state index contributed by atoms with van der Waals surface area (Å²) in [5.74, 6) is 1.26. The number of nitrogens with zero attached hydrogens (tertiary/aromatic N) is 3. The van der Waals surface area contributed by atoms with Gasteiger partial charge in [0, 0.05) is 11.8 Å². The predicted molar refractivity (Wildman–Crippen MR) is 125 cm³/mol. The van der Waals surface area contributed by atoms with Gasteiger partial charge < -0.3 is 14.0 Å². The molecular weight excluding hydrogens is 409 g/mol. The van der Waals surface area contributed by atoms with Gasteiger partial charge in [0.1, 0.15) is 23.2 Å². The summed E-state index contributed by atoms with van der Waals surface area (Å²) in [5, 5.41) is 0. The van der Waals surface area contributed by atoms with Gasteiger partial charge in [-0.3, -0.25) is 4.98 Å². The number of hydrogen-bond acceptors (Lipinski definition) is 5. The first-order valence-corrected chi connectivity index (χ1v) is 11.4. The zero-order valence-corrected chi connectivity index (χ0v) is 18.8. The van der Waals surface area contributed by atoms with Gasteiger partial charge >= 0.3 is 29.6 Å². The number of benzene rings is 1. The average Bonchev–Trinajstić information content (AvgIpc) is 3.02. The van der Waals surface area contributed by atoms with Crippen LogP contribution in [0, 0.1) is 20.8 Å². The van der Waals surface area contributed by atoms with Gasteiger partial charge in [0.05, 0.1) is 23.5 Å². The maximum atomic E-state index is 12.6. The number of rotatable bonds is 8. The Hall–Kier alpha value is -1.09. The average molecular weight is 440 g/mol. The summed E-state index contributed by atoms with van der Waals surface area (Å²) < 4.78 is 26.0. The van der Waals surface area contributed by atoms with Crippen LogP contribution < -0.4 is 4.74 Å². The summed E-state index contributed by atoms with van der Waals surface area (Å²) in [7, 11) is 0. The van der Waals surface area contributed by atoms with Crippen LogP contribution in [0.3, 0.4) is 0 Å². The van der Waals surface area contributed by atoms with Crippen LogP contribution in [0.4, 0.5) is 0 Å². The molecular formula is C22H30N3NaO3S. The van der Waals surface area contributed by atoms with E-state index in [1.54, 1.807) is 16.4 Å². The van der Waals surface area contributed by atoms with Crippen molar-refractivity contribution in [1.29, 1.82) is 0 Å². The van der Waals surface area contributed by atoms with E-state index in [4.69, 9.17) is 14.5 Å². The summed E-state index contributed by atoms with van der Waals surface area (Å²) >= 11 is -1.28. The second-order valence-electron chi connectivity index (χ2n) is 7.27. The van der Waals surface area contributed by atoms with Gasteiger partial charge in [0.25, 0.3) is 0 Å². The molecule has 0 aliphatic rings. The molecule has 6 nitrogen and oxygen atoms in total. The standard InChI is InChI=1S/C22H29N3O3S.Na.H/c1-7-8-11-27-17(5)28-20-9-10-23-21(16(20)4)22-24-18-12-14(2)15(3)13-19(18)25(22)29(6)26;;/h9-10,12-13,17H,7-8,11H2,1-6H3;;. The monoisotopic (exact) mass is 439 g/mol. The molecule has 0 bridgehead atoms. The zero-order valence-electron chi connectivity index (χ0n) is 18.0. The van der Waals surface area contributed by atoms with Crippen LogP contribution in [0.1, 0.15) is 43.4 Å². The van der Waals surface area contributed by atoms with Crippen LogP contribution >= 0.6 is 0 Å². The molecule has 3 rings (SSSR count). The van der Waals surface area contributed by atoms with Crippen molar-refractivity contribution >= 4 is 52.0 Å². The molecule has 2 aromatic heterocycles. The molecule has 3 aromatic rings. The van der Waals surface area contributed by atoms with E-state index in [9.17, 15) is 4.55 Å². The number of fused-ring (bicyclic) bond motifs is 1. The molecule has 0 fully saturated rings. The quantitative estimate of drug-likeness (QED) is 0.229. The van der Waals surface area contributed by atoms with E-state index < -0.39 is 11.4 Å². The topological polar surface area (TPSA) is 72.2 Å². The maximum absolute atomic E-state index is 12.6. The molecule has 2 heterocycles. The van der Waals surface area contributed by atoms with Crippen LogP contribution in [0.2, 0.25) is 0 Å². The van der Waals surface area contributed by atoms with Gasteiger partial charge in [-0.2, -0.15) is 0 Å². The van der Waals surface area contributed by atoms with Crippen LogP contribution in [0.5, 0.6) is 5.75 Å². The first-order chi connectivity index (χ1) is 13.8. The Balaban J connectivity index is 0.00000320. The minimum atomic E-state index is -1.28. The van der Waals surface area contributed by atoms with E-state index in [1.165, 1.54) is 0 Å². The fourth-order valence-electron chi connectivity index (χ4n) is 3.20. The van der Waals surface area contributed by atoms with E-state index in [2.05, 4.69) is 11.9 Å². The summed E-state index contributed by atoms with van der Waals surface area (Å²) in [4.78, 5) is 9.30. The normalized spacial score (nSPS) is 13.2. The van der Waals surface area contributed by atoms with Gasteiger partial charge in [-0.05, 0) is 63.4 Å². The Morgan fingerprint density at radius 2 is 1.90 bits per heavy atom. The molecule has 1 aromatic carbocycles. The van der Waals surface area contributed by atoms with Crippen LogP contribution in [0.15, 0.2) is 24.4 Å². The fourth-order valence-corrected chi connectivity index (χ4v) is 3.99. The van der Waals surface area contributed by atoms with E-state index in [0.29, 0.717) is 23.9 Å². The summed E-state index contributed by atoms with van der Waals surface area (Å²) in [6.45, 7) is 10.7. The molecule has 0 N–H and O–H groups in total. The first kappa shape index (κ1) is 25.2. The van der Waals surface area contributed by atoms with Crippen molar-refractivity contribution in [2.75, 3.05) is 12.9 Å². The van der Waals surface area contributed by atoms with Crippen molar-refractivity contribution in [3.05, 3.63) is 41.1 Å². The second kappa shape index (κ2) is 11.0. The number of aryl methyl sites for hydroxylation is 2. The number of hydrogen-bond donors (Lipinski definition) is 0. The zero-order chi connectivity index (χ0) is 21.1. The van der Waals surface area contributed by atoms with Crippen LogP contribution in [0.25, 0.3) is 22.6 Å². The van der Waals surface area contributed by atoms with Gasteiger partial charge in [-0.15, -0.1) is 3.97 Å². The van der Waals surface area contributed by atoms with E-state index in [1.807, 2.05) is 45.9 Å². The van der Waals surface area contributed by atoms with Crippen molar-refractivity contribution < 1.29 is 14.0 Å². The van der Waals surface area contributed by atoms with Gasteiger partial charge in [-0.25, -0.2) is 4.98 Å². The SMILES string of the molecule is CCCCOC(C)Oc1ccnc(-c2nc3cc(C)c(C)cc3n2[S+](C)[O-])c1C.[NaH]. The molecule has 0 aliphatic heterocycles. The predicted octanol–water partition coefficient (Wildman–Crippen LogP) is 4.06. The first-order valence-electron chi connectivity index (χ1n) is 9.91. The Morgan fingerprint density at radius 3 is 2.57 bits per heavy atom. The van der Waals surface area contributed by atoms with Crippen molar-refractivity contribution in [2.45, 2.75) is 53.8 Å². The third-order valence-corrected chi connectivity index (χ3v) is 5.88. The Labute approximate surface area is 204 Å². The molecule has 0 radical (unpaired) electrons. The van der Waals surface area contributed by atoms with Crippen molar-refractivity contribution in [1.82, 2.24) is 13.9 Å². The van der Waals surface area contributed by atoms with Crippen molar-refractivity contribution in [2.24, 2.45) is 0 Å².